The number of piperidine rings is 1. The molecule has 5 nitrogen and oxygen atoms in total. The first kappa shape index (κ1) is 19.5. The van der Waals surface area contributed by atoms with Crippen LogP contribution in [0.15, 0.2) is 30.6 Å². The minimum Gasteiger partial charge on any atom is -0.349 e. The molecule has 0 unspecified atom stereocenters. The highest BCUT2D eigenvalue weighted by Crippen LogP contribution is 2.18. The standard InChI is InChI=1S/C20H26F2N4O/c1-14(2)25-8-5-15(6-9-25)12-24-20(27)19-23-7-10-26(19)13-16-3-4-17(21)18(22)11-16/h3-4,7,10-11,14-15H,5-6,8-9,12-13H2,1-2H3,(H,24,27). The Balaban J connectivity index is 1.55. The van der Waals surface area contributed by atoms with Crippen molar-refractivity contribution in [2.45, 2.75) is 39.3 Å². The van der Waals surface area contributed by atoms with Gasteiger partial charge in [-0.1, -0.05) is 6.07 Å². The fourth-order valence-corrected chi connectivity index (χ4v) is 3.47. The molecule has 0 saturated carbocycles. The minimum absolute atomic E-state index is 0.242. The van der Waals surface area contributed by atoms with Crippen molar-refractivity contribution in [1.29, 1.82) is 0 Å². The molecule has 2 heterocycles. The quantitative estimate of drug-likeness (QED) is 0.843. The van der Waals surface area contributed by atoms with Crippen LogP contribution in [0.2, 0.25) is 0 Å². The van der Waals surface area contributed by atoms with Crippen molar-refractivity contribution in [1.82, 2.24) is 19.8 Å². The van der Waals surface area contributed by atoms with Crippen LogP contribution in [0.4, 0.5) is 8.78 Å². The van der Waals surface area contributed by atoms with Gasteiger partial charge in [0.2, 0.25) is 0 Å². The van der Waals surface area contributed by atoms with Crippen LogP contribution >= 0.6 is 0 Å². The molecular formula is C20H26F2N4O. The second kappa shape index (κ2) is 8.61. The van der Waals surface area contributed by atoms with Gasteiger partial charge in [-0.2, -0.15) is 0 Å². The molecule has 0 aliphatic carbocycles. The van der Waals surface area contributed by atoms with Gasteiger partial charge in [0, 0.05) is 31.5 Å². The molecule has 1 saturated heterocycles. The number of hydrogen-bond acceptors (Lipinski definition) is 3. The Bertz CT molecular complexity index is 782. The van der Waals surface area contributed by atoms with Crippen LogP contribution in [0.3, 0.4) is 0 Å². The van der Waals surface area contributed by atoms with Gasteiger partial charge in [0.05, 0.1) is 0 Å². The van der Waals surface area contributed by atoms with Gasteiger partial charge in [0.25, 0.3) is 5.91 Å². The van der Waals surface area contributed by atoms with Crippen LogP contribution in [0.25, 0.3) is 0 Å². The largest absolute Gasteiger partial charge is 0.349 e. The van der Waals surface area contributed by atoms with Crippen molar-refractivity contribution in [2.24, 2.45) is 5.92 Å². The molecule has 1 fully saturated rings. The first-order valence-electron chi connectivity index (χ1n) is 9.41. The number of carbonyl (C=O) groups excluding carboxylic acids is 1. The molecule has 0 radical (unpaired) electrons. The zero-order valence-electron chi connectivity index (χ0n) is 15.8. The van der Waals surface area contributed by atoms with Gasteiger partial charge in [-0.3, -0.25) is 4.79 Å². The van der Waals surface area contributed by atoms with E-state index < -0.39 is 11.6 Å². The number of imidazole rings is 1. The summed E-state index contributed by atoms with van der Waals surface area (Å²) in [6.07, 6.45) is 5.34. The average Bonchev–Trinajstić information content (AvgIpc) is 3.11. The maximum Gasteiger partial charge on any atom is 0.287 e. The third-order valence-electron chi connectivity index (χ3n) is 5.19. The molecule has 0 spiro atoms. The molecule has 2 aromatic rings. The first-order valence-corrected chi connectivity index (χ1v) is 9.41. The Morgan fingerprint density at radius 2 is 2.00 bits per heavy atom. The van der Waals surface area contributed by atoms with Gasteiger partial charge in [0.1, 0.15) is 0 Å². The Morgan fingerprint density at radius 1 is 1.26 bits per heavy atom. The van der Waals surface area contributed by atoms with E-state index in [1.807, 2.05) is 0 Å². The molecule has 7 heteroatoms. The zero-order valence-corrected chi connectivity index (χ0v) is 15.8. The summed E-state index contributed by atoms with van der Waals surface area (Å²) in [7, 11) is 0. The molecule has 1 aliphatic heterocycles. The van der Waals surface area contributed by atoms with Crippen LogP contribution in [-0.4, -0.2) is 46.0 Å². The van der Waals surface area contributed by atoms with E-state index in [9.17, 15) is 13.6 Å². The average molecular weight is 376 g/mol. The minimum atomic E-state index is -0.897. The summed E-state index contributed by atoms with van der Waals surface area (Å²) in [6, 6.07) is 4.29. The summed E-state index contributed by atoms with van der Waals surface area (Å²) in [5.41, 5.74) is 0.571. The summed E-state index contributed by atoms with van der Waals surface area (Å²) in [4.78, 5) is 19.1. The fraction of sp³-hybridized carbons (Fsp3) is 0.500. The fourth-order valence-electron chi connectivity index (χ4n) is 3.47. The Labute approximate surface area is 158 Å². The highest BCUT2D eigenvalue weighted by atomic mass is 19.2. The van der Waals surface area contributed by atoms with Crippen molar-refractivity contribution >= 4 is 5.91 Å². The number of hydrogen-bond donors (Lipinski definition) is 1. The molecule has 1 N–H and O–H groups in total. The molecule has 1 aliphatic rings. The van der Waals surface area contributed by atoms with Crippen LogP contribution in [0.1, 0.15) is 42.9 Å². The van der Waals surface area contributed by atoms with Crippen LogP contribution in [0, 0.1) is 17.6 Å². The maximum absolute atomic E-state index is 13.4. The molecule has 0 bridgehead atoms. The molecule has 0 atom stereocenters. The number of aromatic nitrogens is 2. The van der Waals surface area contributed by atoms with E-state index in [1.165, 1.54) is 12.3 Å². The van der Waals surface area contributed by atoms with Crippen LogP contribution in [0.5, 0.6) is 0 Å². The monoisotopic (exact) mass is 376 g/mol. The third kappa shape index (κ3) is 4.91. The number of rotatable bonds is 6. The lowest BCUT2D eigenvalue weighted by Gasteiger charge is -2.34. The molecule has 1 amide bonds. The van der Waals surface area contributed by atoms with E-state index >= 15 is 0 Å². The lowest BCUT2D eigenvalue weighted by Crippen LogP contribution is -2.41. The highest BCUT2D eigenvalue weighted by molar-refractivity contribution is 5.90. The van der Waals surface area contributed by atoms with Gasteiger partial charge in [-0.15, -0.1) is 0 Å². The smallest absolute Gasteiger partial charge is 0.287 e. The summed E-state index contributed by atoms with van der Waals surface area (Å²) in [5.74, 6) is -1.27. The Morgan fingerprint density at radius 3 is 2.67 bits per heavy atom. The van der Waals surface area contributed by atoms with Crippen molar-refractivity contribution in [3.05, 3.63) is 53.6 Å². The Hall–Kier alpha value is -2.28. The second-order valence-corrected chi connectivity index (χ2v) is 7.41. The van der Waals surface area contributed by atoms with E-state index in [0.29, 0.717) is 24.1 Å². The number of halogens is 2. The molecule has 1 aromatic carbocycles. The number of nitrogens with one attached hydrogen (secondary N) is 1. The van der Waals surface area contributed by atoms with E-state index in [2.05, 4.69) is 29.0 Å². The van der Waals surface area contributed by atoms with Crippen molar-refractivity contribution in [3.8, 4) is 0 Å². The predicted octanol–water partition coefficient (Wildman–Crippen LogP) is 3.06. The number of nitrogens with zero attached hydrogens (tertiary/aromatic N) is 3. The lowest BCUT2D eigenvalue weighted by atomic mass is 9.96. The molecule has 146 valence electrons. The van der Waals surface area contributed by atoms with E-state index in [4.69, 9.17) is 0 Å². The van der Waals surface area contributed by atoms with Crippen molar-refractivity contribution < 1.29 is 13.6 Å². The second-order valence-electron chi connectivity index (χ2n) is 7.41. The van der Waals surface area contributed by atoms with Gasteiger partial charge < -0.3 is 14.8 Å². The van der Waals surface area contributed by atoms with Crippen molar-refractivity contribution in [2.75, 3.05) is 19.6 Å². The zero-order chi connectivity index (χ0) is 19.4. The van der Waals surface area contributed by atoms with Crippen molar-refractivity contribution in [3.63, 3.8) is 0 Å². The summed E-state index contributed by atoms with van der Waals surface area (Å²) < 4.78 is 28.1. The highest BCUT2D eigenvalue weighted by Gasteiger charge is 2.22. The van der Waals surface area contributed by atoms with Gasteiger partial charge in [-0.25, -0.2) is 13.8 Å². The van der Waals surface area contributed by atoms with E-state index in [-0.39, 0.29) is 18.3 Å². The number of carbonyl (C=O) groups is 1. The first-order chi connectivity index (χ1) is 12.9. The van der Waals surface area contributed by atoms with Gasteiger partial charge in [-0.05, 0) is 63.4 Å². The number of amides is 1. The normalized spacial score (nSPS) is 16.0. The number of likely N-dealkylation sites (tertiary alicyclic amines) is 1. The van der Waals surface area contributed by atoms with Crippen LogP contribution in [-0.2, 0) is 6.54 Å². The van der Waals surface area contributed by atoms with Crippen LogP contribution < -0.4 is 5.32 Å². The molecule has 3 rings (SSSR count). The Kier molecular flexibility index (Phi) is 6.21. The van der Waals surface area contributed by atoms with E-state index in [0.717, 1.165) is 38.1 Å². The number of benzene rings is 1. The maximum atomic E-state index is 13.4. The summed E-state index contributed by atoms with van der Waals surface area (Å²) >= 11 is 0. The van der Waals surface area contributed by atoms with E-state index in [1.54, 1.807) is 10.8 Å². The third-order valence-corrected chi connectivity index (χ3v) is 5.19. The topological polar surface area (TPSA) is 50.2 Å². The summed E-state index contributed by atoms with van der Waals surface area (Å²) in [6.45, 7) is 7.41. The molecular weight excluding hydrogens is 350 g/mol. The SMILES string of the molecule is CC(C)N1CCC(CNC(=O)c2nccn2Cc2ccc(F)c(F)c2)CC1. The molecule has 27 heavy (non-hydrogen) atoms. The van der Waals surface area contributed by atoms with Gasteiger partial charge in [0.15, 0.2) is 17.5 Å². The predicted molar refractivity (Wildman–Crippen MR) is 99.5 cm³/mol. The molecule has 1 aromatic heterocycles. The summed E-state index contributed by atoms with van der Waals surface area (Å²) in [5, 5.41) is 2.97. The lowest BCUT2D eigenvalue weighted by molar-refractivity contribution is 0.0915. The van der Waals surface area contributed by atoms with Gasteiger partial charge >= 0.3 is 0 Å².